The van der Waals surface area contributed by atoms with Gasteiger partial charge >= 0.3 is 0 Å². The Bertz CT molecular complexity index is 392. The van der Waals surface area contributed by atoms with Gasteiger partial charge in [0, 0.05) is 44.3 Å². The molecule has 0 atom stereocenters. The molecule has 0 saturated carbocycles. The Morgan fingerprint density at radius 3 is 2.50 bits per heavy atom. The highest BCUT2D eigenvalue weighted by Gasteiger charge is 2.21. The fourth-order valence-electron chi connectivity index (χ4n) is 2.12. The number of hydrogen-bond donors (Lipinski definition) is 0. The maximum atomic E-state index is 4.21. The Morgan fingerprint density at radius 1 is 1.22 bits per heavy atom. The van der Waals surface area contributed by atoms with Crippen molar-refractivity contribution < 1.29 is 0 Å². The topological polar surface area (TPSA) is 9.72 Å². The van der Waals surface area contributed by atoms with Crippen molar-refractivity contribution >= 4 is 11.8 Å². The molecule has 4 heteroatoms. The lowest BCUT2D eigenvalue weighted by Crippen LogP contribution is -2.44. The highest BCUT2D eigenvalue weighted by molar-refractivity contribution is 8.03. The van der Waals surface area contributed by atoms with Gasteiger partial charge in [-0.15, -0.1) is 11.8 Å². The number of thioether (sulfide) groups is 1. The van der Waals surface area contributed by atoms with Crippen molar-refractivity contribution in [2.45, 2.75) is 0 Å². The highest BCUT2D eigenvalue weighted by atomic mass is 32.2. The molecule has 98 valence electrons. The fourth-order valence-corrected chi connectivity index (χ4v) is 2.89. The Labute approximate surface area is 114 Å². The van der Waals surface area contributed by atoms with E-state index in [0.717, 1.165) is 37.0 Å². The smallest absolute Gasteiger partial charge is 0.0719 e. The van der Waals surface area contributed by atoms with Crippen LogP contribution >= 0.6 is 11.8 Å². The van der Waals surface area contributed by atoms with Crippen LogP contribution in [-0.2, 0) is 0 Å². The zero-order chi connectivity index (χ0) is 13.1. The number of nitrogens with zero attached hydrogens (tertiary/aromatic N) is 3. The molecule has 0 aromatic carbocycles. The Morgan fingerprint density at radius 2 is 1.89 bits per heavy atom. The minimum Gasteiger partial charge on any atom is -0.368 e. The minimum atomic E-state index is 0.904. The van der Waals surface area contributed by atoms with Crippen LogP contribution in [0.1, 0.15) is 0 Å². The summed E-state index contributed by atoms with van der Waals surface area (Å²) in [5.41, 5.74) is 2.41. The van der Waals surface area contributed by atoms with E-state index in [1.54, 1.807) is 11.8 Å². The van der Waals surface area contributed by atoms with Crippen LogP contribution in [0.2, 0.25) is 0 Å². The molecule has 1 fully saturated rings. The molecule has 0 N–H and O–H groups in total. The standard InChI is InChI=1S/C14H21N3S/c1-5-16-10-14(12(2)11-18-13(16)3)17-8-6-15(4)7-9-17/h5,10H,1-3,6-9,11H2,4H3. The lowest BCUT2D eigenvalue weighted by molar-refractivity contribution is 0.187. The molecule has 0 aromatic rings. The summed E-state index contributed by atoms with van der Waals surface area (Å²) >= 11 is 1.72. The zero-order valence-corrected chi connectivity index (χ0v) is 11.9. The van der Waals surface area contributed by atoms with Crippen LogP contribution in [0.4, 0.5) is 0 Å². The van der Waals surface area contributed by atoms with Crippen molar-refractivity contribution in [3.63, 3.8) is 0 Å². The molecule has 1 saturated heterocycles. The van der Waals surface area contributed by atoms with Crippen LogP contribution in [0, 0.1) is 0 Å². The molecule has 0 unspecified atom stereocenters. The van der Waals surface area contributed by atoms with Gasteiger partial charge in [0.15, 0.2) is 0 Å². The van der Waals surface area contributed by atoms with E-state index in [2.05, 4.69) is 42.8 Å². The van der Waals surface area contributed by atoms with E-state index in [4.69, 9.17) is 0 Å². The van der Waals surface area contributed by atoms with E-state index in [0.29, 0.717) is 0 Å². The monoisotopic (exact) mass is 263 g/mol. The van der Waals surface area contributed by atoms with Gasteiger partial charge < -0.3 is 14.7 Å². The average molecular weight is 263 g/mol. The van der Waals surface area contributed by atoms with E-state index in [-0.39, 0.29) is 0 Å². The maximum Gasteiger partial charge on any atom is 0.0719 e. The third kappa shape index (κ3) is 2.82. The van der Waals surface area contributed by atoms with Gasteiger partial charge in [0.05, 0.1) is 10.7 Å². The number of likely N-dealkylation sites (N-methyl/N-ethyl adjacent to an activating group) is 1. The summed E-state index contributed by atoms with van der Waals surface area (Å²) in [6.45, 7) is 16.4. The van der Waals surface area contributed by atoms with E-state index in [1.807, 2.05) is 11.1 Å². The van der Waals surface area contributed by atoms with Gasteiger partial charge in [-0.25, -0.2) is 0 Å². The molecule has 0 bridgehead atoms. The zero-order valence-electron chi connectivity index (χ0n) is 11.1. The molecular formula is C14H21N3S. The fraction of sp³-hybridized carbons (Fsp3) is 0.429. The van der Waals surface area contributed by atoms with E-state index >= 15 is 0 Å². The first-order chi connectivity index (χ1) is 8.61. The third-order valence-corrected chi connectivity index (χ3v) is 4.40. The Hall–Kier alpha value is -1.13. The number of piperazine rings is 1. The number of allylic oxidation sites excluding steroid dienone is 1. The lowest BCUT2D eigenvalue weighted by Gasteiger charge is -2.36. The molecule has 0 aromatic heterocycles. The predicted octanol–water partition coefficient (Wildman–Crippen LogP) is 2.29. The van der Waals surface area contributed by atoms with Gasteiger partial charge in [-0.1, -0.05) is 19.7 Å². The first-order valence-electron chi connectivity index (χ1n) is 6.18. The van der Waals surface area contributed by atoms with Crippen LogP contribution in [0.5, 0.6) is 0 Å². The SMILES string of the molecule is C=CN1C=C(N2CCN(C)CC2)C(=C)CSC1=C. The van der Waals surface area contributed by atoms with Gasteiger partial charge in [0.1, 0.15) is 0 Å². The largest absolute Gasteiger partial charge is 0.368 e. The number of rotatable bonds is 2. The maximum absolute atomic E-state index is 4.21. The van der Waals surface area contributed by atoms with Crippen molar-refractivity contribution in [2.24, 2.45) is 0 Å². The van der Waals surface area contributed by atoms with Crippen LogP contribution in [0.25, 0.3) is 0 Å². The van der Waals surface area contributed by atoms with Crippen LogP contribution < -0.4 is 0 Å². The Kier molecular flexibility index (Phi) is 4.19. The summed E-state index contributed by atoms with van der Waals surface area (Å²) in [6.07, 6.45) is 3.92. The minimum absolute atomic E-state index is 0.904. The molecule has 2 heterocycles. The normalized spacial score (nSPS) is 22.8. The second-order valence-electron chi connectivity index (χ2n) is 4.68. The van der Waals surface area contributed by atoms with E-state index in [9.17, 15) is 0 Å². The van der Waals surface area contributed by atoms with Gasteiger partial charge in [0.2, 0.25) is 0 Å². The highest BCUT2D eigenvalue weighted by Crippen LogP contribution is 2.30. The summed E-state index contributed by atoms with van der Waals surface area (Å²) in [4.78, 5) is 6.77. The van der Waals surface area contributed by atoms with Gasteiger partial charge in [-0.05, 0) is 12.6 Å². The molecular weight excluding hydrogens is 242 g/mol. The van der Waals surface area contributed by atoms with Crippen LogP contribution in [-0.4, -0.2) is 53.7 Å². The van der Waals surface area contributed by atoms with Gasteiger partial charge in [-0.3, -0.25) is 0 Å². The van der Waals surface area contributed by atoms with Crippen molar-refractivity contribution in [2.75, 3.05) is 39.0 Å². The first-order valence-corrected chi connectivity index (χ1v) is 7.16. The lowest BCUT2D eigenvalue weighted by atomic mass is 10.2. The third-order valence-electron chi connectivity index (χ3n) is 3.37. The number of hydrogen-bond acceptors (Lipinski definition) is 4. The summed E-state index contributed by atoms with van der Waals surface area (Å²) < 4.78 is 0. The van der Waals surface area contributed by atoms with Crippen LogP contribution in [0.15, 0.2) is 48.4 Å². The molecule has 2 aliphatic rings. The van der Waals surface area contributed by atoms with Crippen molar-refractivity contribution in [3.05, 3.63) is 48.4 Å². The Balaban J connectivity index is 2.19. The molecule has 0 aliphatic carbocycles. The van der Waals surface area contributed by atoms with Crippen molar-refractivity contribution in [1.29, 1.82) is 0 Å². The van der Waals surface area contributed by atoms with Gasteiger partial charge in [-0.2, -0.15) is 0 Å². The summed E-state index contributed by atoms with van der Waals surface area (Å²) in [7, 11) is 2.17. The molecule has 0 spiro atoms. The van der Waals surface area contributed by atoms with E-state index in [1.165, 1.54) is 11.3 Å². The summed E-state index contributed by atoms with van der Waals surface area (Å²) in [6, 6.07) is 0. The molecule has 18 heavy (non-hydrogen) atoms. The summed E-state index contributed by atoms with van der Waals surface area (Å²) in [5, 5.41) is 1.01. The van der Waals surface area contributed by atoms with Crippen molar-refractivity contribution in [1.82, 2.24) is 14.7 Å². The molecule has 2 rings (SSSR count). The molecule has 0 amide bonds. The summed E-state index contributed by atoms with van der Waals surface area (Å²) in [5.74, 6) is 0.904. The second-order valence-corrected chi connectivity index (χ2v) is 5.73. The van der Waals surface area contributed by atoms with Crippen molar-refractivity contribution in [3.8, 4) is 0 Å². The predicted molar refractivity (Wildman–Crippen MR) is 79.9 cm³/mol. The molecule has 0 radical (unpaired) electrons. The van der Waals surface area contributed by atoms with E-state index < -0.39 is 0 Å². The first kappa shape index (κ1) is 13.3. The second kappa shape index (κ2) is 5.67. The quantitative estimate of drug-likeness (QED) is 0.756. The molecule has 2 aliphatic heterocycles. The van der Waals surface area contributed by atoms with Gasteiger partial charge in [0.25, 0.3) is 0 Å². The average Bonchev–Trinajstić information content (AvgIpc) is 2.51. The van der Waals surface area contributed by atoms with Crippen LogP contribution in [0.3, 0.4) is 0 Å². The molecule has 3 nitrogen and oxygen atoms in total.